The number of allylic oxidation sites excluding steroid dienone is 1. The van der Waals surface area contributed by atoms with Gasteiger partial charge in [-0.2, -0.15) is 0 Å². The minimum absolute atomic E-state index is 0. The molecule has 0 aliphatic rings. The van der Waals surface area contributed by atoms with E-state index in [0.29, 0.717) is 19.6 Å². The van der Waals surface area contributed by atoms with E-state index in [1.807, 2.05) is 72.9 Å². The Morgan fingerprint density at radius 1 is 1.09 bits per heavy atom. The lowest BCUT2D eigenvalue weighted by Gasteiger charge is -2.17. The molecule has 2 aromatic carbocycles. The van der Waals surface area contributed by atoms with Crippen molar-refractivity contribution in [1.29, 1.82) is 0 Å². The lowest BCUT2D eigenvalue weighted by atomic mass is 10.0. The summed E-state index contributed by atoms with van der Waals surface area (Å²) in [6.45, 7) is 4.43. The molecule has 0 fully saturated rings. The van der Waals surface area contributed by atoms with Gasteiger partial charge in [-0.1, -0.05) is 48.5 Å². The third-order valence-electron chi connectivity index (χ3n) is 5.00. The predicted molar refractivity (Wildman–Crippen MR) is 121 cm³/mol. The van der Waals surface area contributed by atoms with Crippen LogP contribution in [0.25, 0.3) is 6.08 Å². The number of hydrogen-bond donors (Lipinski definition) is 3. The number of quaternary nitrogens is 2. The fraction of sp³-hybridized carbons (Fsp3) is 0.400. The summed E-state index contributed by atoms with van der Waals surface area (Å²) in [5, 5.41) is 12.4. The maximum atomic E-state index is 12.1. The molecule has 5 nitrogen and oxygen atoms in total. The van der Waals surface area contributed by atoms with Gasteiger partial charge in [0.15, 0.2) is 5.78 Å². The van der Waals surface area contributed by atoms with Gasteiger partial charge in [0.2, 0.25) is 0 Å². The van der Waals surface area contributed by atoms with Crippen molar-refractivity contribution in [2.45, 2.75) is 31.9 Å². The molecular weight excluding hydrogens is 447 g/mol. The SMILES string of the molecule is CC([NH2+]CCC(=O)/C=C/c1ccc(OCCC[NH+](C)C)cc1)C(O)c1ccccc1.[Cl-].[Cl-]. The first-order valence-electron chi connectivity index (χ1n) is 10.7. The molecule has 32 heavy (non-hydrogen) atoms. The fourth-order valence-electron chi connectivity index (χ4n) is 3.13. The zero-order valence-electron chi connectivity index (χ0n) is 19.1. The van der Waals surface area contributed by atoms with Gasteiger partial charge >= 0.3 is 0 Å². The first kappa shape index (κ1) is 30.1. The van der Waals surface area contributed by atoms with E-state index >= 15 is 0 Å². The summed E-state index contributed by atoms with van der Waals surface area (Å²) in [6, 6.07) is 17.4. The molecule has 0 radical (unpaired) electrons. The van der Waals surface area contributed by atoms with E-state index in [4.69, 9.17) is 4.74 Å². The van der Waals surface area contributed by atoms with Crippen LogP contribution in [0.15, 0.2) is 60.7 Å². The van der Waals surface area contributed by atoms with Crippen LogP contribution in [-0.2, 0) is 4.79 Å². The van der Waals surface area contributed by atoms with Crippen molar-refractivity contribution >= 4 is 11.9 Å². The fourth-order valence-corrected chi connectivity index (χ4v) is 3.13. The number of ketones is 1. The molecule has 0 aliphatic carbocycles. The maximum Gasteiger partial charge on any atom is 0.161 e. The molecule has 2 rings (SSSR count). The molecule has 4 N–H and O–H groups in total. The summed E-state index contributed by atoms with van der Waals surface area (Å²) in [7, 11) is 4.27. The Morgan fingerprint density at radius 2 is 1.75 bits per heavy atom. The second kappa shape index (κ2) is 16.7. The highest BCUT2D eigenvalue weighted by molar-refractivity contribution is 5.93. The van der Waals surface area contributed by atoms with Gasteiger partial charge in [-0.05, 0) is 36.3 Å². The van der Waals surface area contributed by atoms with Gasteiger partial charge in [0.05, 0.1) is 40.2 Å². The van der Waals surface area contributed by atoms with Crippen LogP contribution in [0.1, 0.15) is 37.0 Å². The van der Waals surface area contributed by atoms with Gasteiger partial charge in [-0.15, -0.1) is 0 Å². The number of rotatable bonds is 13. The normalized spacial score (nSPS) is 12.7. The maximum absolute atomic E-state index is 12.1. The first-order chi connectivity index (χ1) is 14.5. The molecule has 0 saturated heterocycles. The van der Waals surface area contributed by atoms with Crippen LogP contribution in [0.2, 0.25) is 0 Å². The van der Waals surface area contributed by atoms with Gasteiger partial charge in [-0.25, -0.2) is 0 Å². The van der Waals surface area contributed by atoms with Crippen LogP contribution in [0.5, 0.6) is 5.75 Å². The van der Waals surface area contributed by atoms with Crippen molar-refractivity contribution in [2.24, 2.45) is 0 Å². The predicted octanol–water partition coefficient (Wildman–Crippen LogP) is -4.73. The van der Waals surface area contributed by atoms with Crippen LogP contribution in [0, 0.1) is 0 Å². The number of carbonyl (C=O) groups excluding carboxylic acids is 1. The van der Waals surface area contributed by atoms with Crippen LogP contribution >= 0.6 is 0 Å². The average Bonchev–Trinajstić information content (AvgIpc) is 2.76. The zero-order valence-corrected chi connectivity index (χ0v) is 20.6. The topological polar surface area (TPSA) is 67.6 Å². The van der Waals surface area contributed by atoms with Crippen molar-refractivity contribution in [1.82, 2.24) is 0 Å². The molecule has 178 valence electrons. The number of nitrogens with one attached hydrogen (secondary N) is 1. The molecule has 0 bridgehead atoms. The van der Waals surface area contributed by atoms with Crippen molar-refractivity contribution < 1.29 is 49.7 Å². The summed E-state index contributed by atoms with van der Waals surface area (Å²) in [4.78, 5) is 13.6. The Morgan fingerprint density at radius 3 is 2.38 bits per heavy atom. The molecule has 0 spiro atoms. The Hall–Kier alpha value is -1.89. The third-order valence-corrected chi connectivity index (χ3v) is 5.00. The summed E-state index contributed by atoms with van der Waals surface area (Å²) >= 11 is 0. The quantitative estimate of drug-likeness (QED) is 0.198. The lowest BCUT2D eigenvalue weighted by molar-refractivity contribution is -0.858. The average molecular weight is 483 g/mol. The largest absolute Gasteiger partial charge is 1.00 e. The molecule has 0 saturated carbocycles. The molecule has 0 aromatic heterocycles. The second-order valence-corrected chi connectivity index (χ2v) is 8.02. The van der Waals surface area contributed by atoms with E-state index in [1.54, 1.807) is 6.08 Å². The van der Waals surface area contributed by atoms with Crippen LogP contribution in [0.4, 0.5) is 0 Å². The Kier molecular flexibility index (Phi) is 15.7. The first-order valence-corrected chi connectivity index (χ1v) is 10.7. The standard InChI is InChI=1S/C25H34N2O3.2ClH/c1-20(25(29)22-8-5-4-6-9-22)26-17-16-23(28)13-10-21-11-14-24(15-12-21)30-19-7-18-27(2)3;;/h4-6,8-15,20,25-26,29H,7,16-19H2,1-3H3;2*1H/b13-10+;;. The van der Waals surface area contributed by atoms with Gasteiger partial charge in [0, 0.05) is 6.42 Å². The van der Waals surface area contributed by atoms with E-state index in [2.05, 4.69) is 14.1 Å². The molecule has 2 aromatic rings. The number of ether oxygens (including phenoxy) is 1. The number of carbonyl (C=O) groups is 1. The smallest absolute Gasteiger partial charge is 0.161 e. The monoisotopic (exact) mass is 482 g/mol. The van der Waals surface area contributed by atoms with Gasteiger partial charge in [0.25, 0.3) is 0 Å². The van der Waals surface area contributed by atoms with E-state index in [0.717, 1.165) is 29.8 Å². The Bertz CT molecular complexity index is 784. The van der Waals surface area contributed by atoms with E-state index < -0.39 is 6.10 Å². The number of aliphatic hydroxyl groups is 1. The Labute approximate surface area is 204 Å². The van der Waals surface area contributed by atoms with E-state index in [-0.39, 0.29) is 36.6 Å². The molecule has 0 amide bonds. The zero-order chi connectivity index (χ0) is 21.8. The van der Waals surface area contributed by atoms with Gasteiger partial charge in [0.1, 0.15) is 17.9 Å². The molecule has 0 aliphatic heterocycles. The molecule has 2 atom stereocenters. The molecule has 0 heterocycles. The number of halogens is 2. The van der Waals surface area contributed by atoms with Crippen LogP contribution in [0.3, 0.4) is 0 Å². The Balaban J connectivity index is 0.00000480. The molecule has 7 heteroatoms. The van der Waals surface area contributed by atoms with E-state index in [9.17, 15) is 9.90 Å². The molecular formula is C25H36Cl2N2O3. The highest BCUT2D eigenvalue weighted by Gasteiger charge is 2.18. The third kappa shape index (κ3) is 11.7. The van der Waals surface area contributed by atoms with Gasteiger partial charge in [-0.3, -0.25) is 4.79 Å². The van der Waals surface area contributed by atoms with Crippen molar-refractivity contribution in [3.05, 3.63) is 71.8 Å². The lowest BCUT2D eigenvalue weighted by Crippen LogP contribution is -3.05. The highest BCUT2D eigenvalue weighted by Crippen LogP contribution is 2.14. The summed E-state index contributed by atoms with van der Waals surface area (Å²) in [5.41, 5.74) is 1.88. The summed E-state index contributed by atoms with van der Waals surface area (Å²) < 4.78 is 5.73. The van der Waals surface area contributed by atoms with Crippen LogP contribution < -0.4 is 39.8 Å². The van der Waals surface area contributed by atoms with Crippen molar-refractivity contribution in [2.75, 3.05) is 33.8 Å². The summed E-state index contributed by atoms with van der Waals surface area (Å²) in [5.74, 6) is 0.937. The number of nitrogens with two attached hydrogens (primary N) is 1. The summed E-state index contributed by atoms with van der Waals surface area (Å²) in [6.07, 6.45) is 4.39. The second-order valence-electron chi connectivity index (χ2n) is 8.02. The van der Waals surface area contributed by atoms with Crippen LogP contribution in [-0.4, -0.2) is 50.7 Å². The number of hydrogen-bond acceptors (Lipinski definition) is 3. The van der Waals surface area contributed by atoms with Crippen molar-refractivity contribution in [3.63, 3.8) is 0 Å². The van der Waals surface area contributed by atoms with E-state index in [1.165, 1.54) is 4.90 Å². The minimum Gasteiger partial charge on any atom is -1.00 e. The molecule has 2 unspecified atom stereocenters. The number of aliphatic hydroxyl groups excluding tert-OH is 1. The highest BCUT2D eigenvalue weighted by atomic mass is 35.5. The van der Waals surface area contributed by atoms with Gasteiger partial charge < -0.3 is 44.9 Å². The van der Waals surface area contributed by atoms with Crippen molar-refractivity contribution in [3.8, 4) is 5.75 Å². The number of benzene rings is 2. The minimum atomic E-state index is -0.540.